The van der Waals surface area contributed by atoms with Crippen molar-refractivity contribution in [1.82, 2.24) is 4.90 Å². The normalized spacial score (nSPS) is 14.0. The Hall–Kier alpha value is -2.80. The van der Waals surface area contributed by atoms with Gasteiger partial charge in [-0.05, 0) is 69.1 Å². The molecule has 0 aromatic heterocycles. The number of ether oxygens (including phenoxy) is 1. The van der Waals surface area contributed by atoms with Gasteiger partial charge in [0.15, 0.2) is 5.11 Å². The van der Waals surface area contributed by atoms with Crippen molar-refractivity contribution in [3.63, 3.8) is 0 Å². The standard InChI is InChI=1S/C23H30N4O2S/c1-18-9-11-20(12-10-18)27-15-6-14-26(23(27)28)13-3-2-4-16-29-21-8-5-7-19(17-21)25-22(24)30/h5,7-12,17H,2-4,6,13-16H2,1H3,(H3,24,25,30). The van der Waals surface area contributed by atoms with E-state index in [1.165, 1.54) is 5.56 Å². The number of carbonyl (C=O) groups excluding carboxylic acids is 1. The summed E-state index contributed by atoms with van der Waals surface area (Å²) in [6, 6.07) is 15.9. The maximum atomic E-state index is 12.8. The van der Waals surface area contributed by atoms with Crippen LogP contribution in [0, 0.1) is 6.92 Å². The van der Waals surface area contributed by atoms with E-state index in [2.05, 4.69) is 24.4 Å². The van der Waals surface area contributed by atoms with Gasteiger partial charge in [-0.15, -0.1) is 0 Å². The summed E-state index contributed by atoms with van der Waals surface area (Å²) in [5.41, 5.74) is 8.50. The van der Waals surface area contributed by atoms with Crippen LogP contribution < -0.4 is 20.7 Å². The van der Waals surface area contributed by atoms with Crippen LogP contribution in [0.25, 0.3) is 0 Å². The summed E-state index contributed by atoms with van der Waals surface area (Å²) < 4.78 is 5.81. The van der Waals surface area contributed by atoms with Gasteiger partial charge < -0.3 is 20.7 Å². The maximum absolute atomic E-state index is 12.8. The number of aryl methyl sites for hydroxylation is 1. The molecule has 3 N–H and O–H groups in total. The Morgan fingerprint density at radius 3 is 2.70 bits per heavy atom. The summed E-state index contributed by atoms with van der Waals surface area (Å²) in [5.74, 6) is 0.788. The number of nitrogens with one attached hydrogen (secondary N) is 1. The predicted molar refractivity (Wildman–Crippen MR) is 126 cm³/mol. The third-order valence-electron chi connectivity index (χ3n) is 5.10. The van der Waals surface area contributed by atoms with E-state index in [1.807, 2.05) is 46.2 Å². The molecule has 2 aromatic rings. The molecule has 2 amide bonds. The largest absolute Gasteiger partial charge is 0.494 e. The summed E-state index contributed by atoms with van der Waals surface area (Å²) in [6.45, 7) is 5.10. The number of thiocarbonyl (C=S) groups is 1. The molecular weight excluding hydrogens is 396 g/mol. The predicted octanol–water partition coefficient (Wildman–Crippen LogP) is 4.53. The first-order valence-corrected chi connectivity index (χ1v) is 10.9. The van der Waals surface area contributed by atoms with Gasteiger partial charge in [-0.25, -0.2) is 4.79 Å². The average Bonchev–Trinajstić information content (AvgIpc) is 2.72. The molecular formula is C23H30N4O2S. The molecule has 30 heavy (non-hydrogen) atoms. The molecule has 0 spiro atoms. The number of nitrogens with two attached hydrogens (primary N) is 1. The number of urea groups is 1. The van der Waals surface area contributed by atoms with Crippen molar-refractivity contribution >= 4 is 34.7 Å². The van der Waals surface area contributed by atoms with Crippen LogP contribution in [0.5, 0.6) is 5.75 Å². The van der Waals surface area contributed by atoms with E-state index >= 15 is 0 Å². The minimum Gasteiger partial charge on any atom is -0.494 e. The zero-order valence-electron chi connectivity index (χ0n) is 17.5. The molecule has 6 nitrogen and oxygen atoms in total. The van der Waals surface area contributed by atoms with Crippen molar-refractivity contribution in [1.29, 1.82) is 0 Å². The van der Waals surface area contributed by atoms with Crippen LogP contribution in [0.2, 0.25) is 0 Å². The highest BCUT2D eigenvalue weighted by Gasteiger charge is 2.26. The van der Waals surface area contributed by atoms with E-state index in [0.717, 1.165) is 62.4 Å². The second-order valence-corrected chi connectivity index (χ2v) is 7.98. The lowest BCUT2D eigenvalue weighted by atomic mass is 10.2. The lowest BCUT2D eigenvalue weighted by molar-refractivity contribution is 0.193. The number of hydrogen-bond acceptors (Lipinski definition) is 3. The Morgan fingerprint density at radius 2 is 1.93 bits per heavy atom. The second-order valence-electron chi connectivity index (χ2n) is 7.54. The van der Waals surface area contributed by atoms with Crippen molar-refractivity contribution in [2.24, 2.45) is 5.73 Å². The van der Waals surface area contributed by atoms with E-state index in [4.69, 9.17) is 22.7 Å². The highest BCUT2D eigenvalue weighted by Crippen LogP contribution is 2.21. The molecule has 2 aromatic carbocycles. The fourth-order valence-corrected chi connectivity index (χ4v) is 3.65. The van der Waals surface area contributed by atoms with E-state index in [0.29, 0.717) is 6.61 Å². The second kappa shape index (κ2) is 10.8. The van der Waals surface area contributed by atoms with Crippen molar-refractivity contribution in [3.05, 3.63) is 54.1 Å². The van der Waals surface area contributed by atoms with Gasteiger partial charge >= 0.3 is 6.03 Å². The monoisotopic (exact) mass is 426 g/mol. The summed E-state index contributed by atoms with van der Waals surface area (Å²) in [7, 11) is 0. The molecule has 1 fully saturated rings. The fourth-order valence-electron chi connectivity index (χ4n) is 3.53. The Balaban J connectivity index is 1.37. The fraction of sp³-hybridized carbons (Fsp3) is 0.391. The molecule has 0 radical (unpaired) electrons. The van der Waals surface area contributed by atoms with Crippen molar-refractivity contribution in [2.45, 2.75) is 32.6 Å². The first-order valence-electron chi connectivity index (χ1n) is 10.5. The number of benzene rings is 2. The van der Waals surface area contributed by atoms with Gasteiger partial charge in [0, 0.05) is 37.1 Å². The van der Waals surface area contributed by atoms with Gasteiger partial charge in [-0.3, -0.25) is 4.90 Å². The number of nitrogens with zero attached hydrogens (tertiary/aromatic N) is 2. The van der Waals surface area contributed by atoms with E-state index in [-0.39, 0.29) is 11.1 Å². The molecule has 1 aliphatic rings. The van der Waals surface area contributed by atoms with E-state index in [9.17, 15) is 4.79 Å². The van der Waals surface area contributed by atoms with Crippen LogP contribution >= 0.6 is 12.2 Å². The first kappa shape index (κ1) is 21.9. The van der Waals surface area contributed by atoms with E-state index < -0.39 is 0 Å². The van der Waals surface area contributed by atoms with Crippen LogP contribution in [0.1, 0.15) is 31.2 Å². The van der Waals surface area contributed by atoms with Gasteiger partial charge in [0.25, 0.3) is 0 Å². The third kappa shape index (κ3) is 6.35. The highest BCUT2D eigenvalue weighted by atomic mass is 32.1. The molecule has 3 rings (SSSR count). The zero-order valence-corrected chi connectivity index (χ0v) is 18.3. The Morgan fingerprint density at radius 1 is 1.13 bits per heavy atom. The van der Waals surface area contributed by atoms with Crippen LogP contribution in [-0.2, 0) is 0 Å². The average molecular weight is 427 g/mol. The molecule has 0 bridgehead atoms. The Bertz CT molecular complexity index is 857. The first-order chi connectivity index (χ1) is 14.5. The molecule has 0 aliphatic carbocycles. The highest BCUT2D eigenvalue weighted by molar-refractivity contribution is 7.80. The van der Waals surface area contributed by atoms with Gasteiger partial charge in [-0.2, -0.15) is 0 Å². The zero-order chi connectivity index (χ0) is 21.3. The lowest BCUT2D eigenvalue weighted by Crippen LogP contribution is -2.49. The number of anilines is 2. The number of amides is 2. The molecule has 0 saturated carbocycles. The van der Waals surface area contributed by atoms with Gasteiger partial charge in [-0.1, -0.05) is 23.8 Å². The Labute approximate surface area is 184 Å². The molecule has 160 valence electrons. The topological polar surface area (TPSA) is 70.8 Å². The van der Waals surface area contributed by atoms with Gasteiger partial charge in [0.2, 0.25) is 0 Å². The third-order valence-corrected chi connectivity index (χ3v) is 5.20. The summed E-state index contributed by atoms with van der Waals surface area (Å²) >= 11 is 4.85. The number of hydrogen-bond donors (Lipinski definition) is 2. The van der Waals surface area contributed by atoms with Crippen molar-refractivity contribution in [3.8, 4) is 5.75 Å². The van der Waals surface area contributed by atoms with Crippen LogP contribution in [-0.4, -0.2) is 42.3 Å². The quantitative estimate of drug-likeness (QED) is 0.455. The number of rotatable bonds is 9. The molecule has 7 heteroatoms. The smallest absolute Gasteiger partial charge is 0.324 e. The SMILES string of the molecule is Cc1ccc(N2CCCN(CCCCCOc3cccc(NC(N)=S)c3)C2=O)cc1. The van der Waals surface area contributed by atoms with Crippen molar-refractivity contribution in [2.75, 3.05) is 36.5 Å². The van der Waals surface area contributed by atoms with Gasteiger partial charge in [0.1, 0.15) is 5.75 Å². The van der Waals surface area contributed by atoms with Crippen LogP contribution in [0.3, 0.4) is 0 Å². The molecule has 0 unspecified atom stereocenters. The van der Waals surface area contributed by atoms with E-state index in [1.54, 1.807) is 0 Å². The minimum absolute atomic E-state index is 0.114. The summed E-state index contributed by atoms with van der Waals surface area (Å²) in [4.78, 5) is 16.7. The molecule has 1 aliphatic heterocycles. The molecule has 1 heterocycles. The number of unbranched alkanes of at least 4 members (excludes halogenated alkanes) is 2. The minimum atomic E-state index is 0.114. The maximum Gasteiger partial charge on any atom is 0.324 e. The van der Waals surface area contributed by atoms with Gasteiger partial charge in [0.05, 0.1) is 6.61 Å². The molecule has 0 atom stereocenters. The van der Waals surface area contributed by atoms with Crippen LogP contribution in [0.4, 0.5) is 16.2 Å². The molecule has 1 saturated heterocycles. The summed E-state index contributed by atoms with van der Waals surface area (Å²) in [6.07, 6.45) is 3.93. The Kier molecular flexibility index (Phi) is 7.90. The van der Waals surface area contributed by atoms with Crippen molar-refractivity contribution < 1.29 is 9.53 Å². The van der Waals surface area contributed by atoms with Crippen LogP contribution in [0.15, 0.2) is 48.5 Å². The summed E-state index contributed by atoms with van der Waals surface area (Å²) in [5, 5.41) is 3.14. The lowest BCUT2D eigenvalue weighted by Gasteiger charge is -2.35. The number of carbonyl (C=O) groups is 1.